The first kappa shape index (κ1) is 10.6. The smallest absolute Gasteiger partial charge is 0.223 e. The van der Waals surface area contributed by atoms with Crippen molar-refractivity contribution in [1.82, 2.24) is 10.2 Å². The van der Waals surface area contributed by atoms with E-state index < -0.39 is 0 Å². The van der Waals surface area contributed by atoms with Gasteiger partial charge >= 0.3 is 0 Å². The van der Waals surface area contributed by atoms with E-state index in [1.165, 1.54) is 0 Å². The zero-order valence-corrected chi connectivity index (χ0v) is 9.16. The van der Waals surface area contributed by atoms with E-state index in [1.807, 2.05) is 0 Å². The number of nitrogens with zero attached hydrogens (tertiary/aromatic N) is 1. The minimum atomic E-state index is -0.0735. The van der Waals surface area contributed by atoms with E-state index in [1.54, 1.807) is 4.90 Å². The number of nitrogens with one attached hydrogen (secondary N) is 1. The van der Waals surface area contributed by atoms with Gasteiger partial charge in [0.2, 0.25) is 5.91 Å². The van der Waals surface area contributed by atoms with Gasteiger partial charge in [0.05, 0.1) is 18.6 Å². The largest absolute Gasteiger partial charge is 0.330 e. The molecule has 2 rings (SSSR count). The summed E-state index contributed by atoms with van der Waals surface area (Å²) in [5, 5.41) is 3.17. The lowest BCUT2D eigenvalue weighted by atomic mass is 10.1. The van der Waals surface area contributed by atoms with Crippen LogP contribution in [0.4, 0.5) is 0 Å². The number of unbranched alkanes of at least 4 members (excludes halogenated alkanes) is 1. The molecule has 0 bridgehead atoms. The Balaban J connectivity index is 1.98. The first-order valence-electron chi connectivity index (χ1n) is 5.79. The minimum absolute atomic E-state index is 0.0735. The molecule has 2 aliphatic rings. The lowest BCUT2D eigenvalue weighted by Gasteiger charge is -2.22. The summed E-state index contributed by atoms with van der Waals surface area (Å²) in [7, 11) is 0. The zero-order valence-electron chi connectivity index (χ0n) is 9.16. The Morgan fingerprint density at radius 1 is 1.60 bits per heavy atom. The van der Waals surface area contributed by atoms with Crippen LogP contribution in [0.1, 0.15) is 32.6 Å². The van der Waals surface area contributed by atoms with Crippen LogP contribution < -0.4 is 5.32 Å². The van der Waals surface area contributed by atoms with Crippen molar-refractivity contribution in [3.63, 3.8) is 0 Å². The summed E-state index contributed by atoms with van der Waals surface area (Å²) in [6.07, 6.45) is 3.47. The molecule has 0 aromatic rings. The van der Waals surface area contributed by atoms with Gasteiger partial charge in [-0.3, -0.25) is 9.59 Å². The predicted molar refractivity (Wildman–Crippen MR) is 56.4 cm³/mol. The molecule has 2 atom stereocenters. The van der Waals surface area contributed by atoms with E-state index >= 15 is 0 Å². The summed E-state index contributed by atoms with van der Waals surface area (Å²) in [6, 6.07) is 0.0671. The number of hydrogen-bond donors (Lipinski definition) is 1. The number of carbonyl (C=O) groups is 2. The van der Waals surface area contributed by atoms with Crippen molar-refractivity contribution in [3.8, 4) is 0 Å². The Labute approximate surface area is 90.0 Å². The first-order chi connectivity index (χ1) is 7.24. The number of amides is 1. The number of hydrogen-bond acceptors (Lipinski definition) is 3. The van der Waals surface area contributed by atoms with Gasteiger partial charge in [-0.2, -0.15) is 0 Å². The van der Waals surface area contributed by atoms with Gasteiger partial charge in [0.25, 0.3) is 0 Å². The normalized spacial score (nSPS) is 29.7. The third-order valence-corrected chi connectivity index (χ3v) is 3.33. The van der Waals surface area contributed by atoms with Crippen LogP contribution in [0, 0.1) is 0 Å². The third kappa shape index (κ3) is 1.91. The number of carbonyl (C=O) groups excluding carboxylic acids is 2. The van der Waals surface area contributed by atoms with Gasteiger partial charge in [0, 0.05) is 6.42 Å². The molecule has 4 heteroatoms. The van der Waals surface area contributed by atoms with Crippen LogP contribution in [-0.2, 0) is 9.59 Å². The molecule has 1 N–H and O–H groups in total. The van der Waals surface area contributed by atoms with Crippen molar-refractivity contribution >= 4 is 11.7 Å². The van der Waals surface area contributed by atoms with Crippen molar-refractivity contribution in [1.29, 1.82) is 0 Å². The lowest BCUT2D eigenvalue weighted by molar-refractivity contribution is -0.133. The molecule has 2 saturated heterocycles. The molecule has 2 unspecified atom stereocenters. The van der Waals surface area contributed by atoms with Crippen LogP contribution in [-0.4, -0.2) is 41.8 Å². The average Bonchev–Trinajstić information content (AvgIpc) is 2.79. The van der Waals surface area contributed by atoms with E-state index in [0.29, 0.717) is 13.0 Å². The zero-order chi connectivity index (χ0) is 10.8. The van der Waals surface area contributed by atoms with Gasteiger partial charge in [0.1, 0.15) is 0 Å². The van der Waals surface area contributed by atoms with E-state index in [4.69, 9.17) is 0 Å². The average molecular weight is 210 g/mol. The Morgan fingerprint density at radius 3 is 3.13 bits per heavy atom. The fourth-order valence-corrected chi connectivity index (χ4v) is 2.48. The highest BCUT2D eigenvalue weighted by atomic mass is 16.2. The quantitative estimate of drug-likeness (QED) is 0.729. The van der Waals surface area contributed by atoms with Gasteiger partial charge in [-0.05, 0) is 19.4 Å². The number of Topliss-reactive ketones (excluding diaryl/α,β-unsaturated/α-hetero) is 1. The SMILES string of the molecule is CCCCC(=O)N1CC(=O)C2NCCC21. The van der Waals surface area contributed by atoms with E-state index in [0.717, 1.165) is 25.8 Å². The van der Waals surface area contributed by atoms with Crippen molar-refractivity contribution in [2.75, 3.05) is 13.1 Å². The second kappa shape index (κ2) is 4.31. The molecule has 0 aromatic heterocycles. The number of ketones is 1. The summed E-state index contributed by atoms with van der Waals surface area (Å²) < 4.78 is 0. The van der Waals surface area contributed by atoms with Crippen LogP contribution in [0.5, 0.6) is 0 Å². The Kier molecular flexibility index (Phi) is 3.05. The van der Waals surface area contributed by atoms with Crippen LogP contribution in [0.25, 0.3) is 0 Å². The maximum absolute atomic E-state index is 11.8. The van der Waals surface area contributed by atoms with Gasteiger partial charge < -0.3 is 10.2 Å². The molecule has 84 valence electrons. The van der Waals surface area contributed by atoms with Crippen LogP contribution in [0.15, 0.2) is 0 Å². The molecule has 0 aliphatic carbocycles. The van der Waals surface area contributed by atoms with Gasteiger partial charge in [0.15, 0.2) is 5.78 Å². The molecule has 1 amide bonds. The van der Waals surface area contributed by atoms with Gasteiger partial charge in [-0.25, -0.2) is 0 Å². The highest BCUT2D eigenvalue weighted by Gasteiger charge is 2.45. The standard InChI is InChI=1S/C11H18N2O2/c1-2-3-4-10(15)13-7-9(14)11-8(13)5-6-12-11/h8,11-12H,2-7H2,1H3. The second-order valence-corrected chi connectivity index (χ2v) is 4.38. The third-order valence-electron chi connectivity index (χ3n) is 3.33. The number of rotatable bonds is 3. The predicted octanol–water partition coefficient (Wildman–Crippen LogP) is 0.318. The fraction of sp³-hybridized carbons (Fsp3) is 0.818. The van der Waals surface area contributed by atoms with Crippen molar-refractivity contribution < 1.29 is 9.59 Å². The summed E-state index contributed by atoms with van der Waals surface area (Å²) in [5.74, 6) is 0.337. The molecule has 0 spiro atoms. The molecular weight excluding hydrogens is 192 g/mol. The molecule has 2 aliphatic heterocycles. The van der Waals surface area contributed by atoms with Gasteiger partial charge in [-0.15, -0.1) is 0 Å². The monoisotopic (exact) mass is 210 g/mol. The first-order valence-corrected chi connectivity index (χ1v) is 5.79. The van der Waals surface area contributed by atoms with Crippen molar-refractivity contribution in [3.05, 3.63) is 0 Å². The number of likely N-dealkylation sites (tertiary alicyclic amines) is 1. The minimum Gasteiger partial charge on any atom is -0.330 e. The van der Waals surface area contributed by atoms with E-state index in [2.05, 4.69) is 12.2 Å². The van der Waals surface area contributed by atoms with Crippen molar-refractivity contribution in [2.45, 2.75) is 44.7 Å². The maximum Gasteiger partial charge on any atom is 0.223 e. The topological polar surface area (TPSA) is 49.4 Å². The second-order valence-electron chi connectivity index (χ2n) is 4.38. The molecule has 0 aromatic carbocycles. The Bertz CT molecular complexity index is 278. The van der Waals surface area contributed by atoms with E-state index in [9.17, 15) is 9.59 Å². The lowest BCUT2D eigenvalue weighted by Crippen LogP contribution is -2.38. The Morgan fingerprint density at radius 2 is 2.40 bits per heavy atom. The summed E-state index contributed by atoms with van der Waals surface area (Å²) in [4.78, 5) is 25.2. The summed E-state index contributed by atoms with van der Waals surface area (Å²) in [6.45, 7) is 3.26. The van der Waals surface area contributed by atoms with Crippen LogP contribution in [0.3, 0.4) is 0 Å². The molecular formula is C11H18N2O2. The molecule has 2 fully saturated rings. The van der Waals surface area contributed by atoms with Crippen LogP contribution in [0.2, 0.25) is 0 Å². The summed E-state index contributed by atoms with van der Waals surface area (Å²) in [5.41, 5.74) is 0. The molecule has 2 heterocycles. The summed E-state index contributed by atoms with van der Waals surface area (Å²) >= 11 is 0. The maximum atomic E-state index is 11.8. The Hall–Kier alpha value is -0.900. The molecule has 0 saturated carbocycles. The van der Waals surface area contributed by atoms with Crippen LogP contribution >= 0.6 is 0 Å². The number of fused-ring (bicyclic) bond motifs is 1. The molecule has 0 radical (unpaired) electrons. The van der Waals surface area contributed by atoms with Gasteiger partial charge in [-0.1, -0.05) is 13.3 Å². The van der Waals surface area contributed by atoms with Crippen molar-refractivity contribution in [2.24, 2.45) is 0 Å². The molecule has 4 nitrogen and oxygen atoms in total. The molecule has 15 heavy (non-hydrogen) atoms. The highest BCUT2D eigenvalue weighted by Crippen LogP contribution is 2.23. The highest BCUT2D eigenvalue weighted by molar-refractivity contribution is 5.94. The van der Waals surface area contributed by atoms with E-state index in [-0.39, 0.29) is 23.8 Å². The fourth-order valence-electron chi connectivity index (χ4n) is 2.48.